The van der Waals surface area contributed by atoms with Crippen molar-refractivity contribution in [3.8, 4) is 17.5 Å². The zero-order valence-electron chi connectivity index (χ0n) is 20.9. The SMILES string of the molecule is COc1ccc(-n2nc(C#N)c3c2C(=O)N(c2ccc(C4(CCN5CCCC5=O)CC4)cc2)CC3)cc1. The van der Waals surface area contributed by atoms with Gasteiger partial charge in [0.25, 0.3) is 5.91 Å². The number of methoxy groups -OCH3 is 1. The van der Waals surface area contributed by atoms with E-state index in [2.05, 4.69) is 23.3 Å². The van der Waals surface area contributed by atoms with Crippen molar-refractivity contribution in [1.82, 2.24) is 14.7 Å². The Morgan fingerprint density at radius 3 is 2.35 bits per heavy atom. The van der Waals surface area contributed by atoms with Gasteiger partial charge in [0, 0.05) is 37.3 Å². The number of carbonyl (C=O) groups excluding carboxylic acids is 2. The molecule has 0 spiro atoms. The summed E-state index contributed by atoms with van der Waals surface area (Å²) in [6, 6.07) is 17.8. The van der Waals surface area contributed by atoms with Gasteiger partial charge in [0.05, 0.1) is 12.8 Å². The Bertz CT molecular complexity index is 1400. The number of likely N-dealkylation sites (tertiary alicyclic amines) is 1. The number of anilines is 1. The zero-order valence-corrected chi connectivity index (χ0v) is 20.9. The number of benzene rings is 2. The lowest BCUT2D eigenvalue weighted by Crippen LogP contribution is -2.38. The summed E-state index contributed by atoms with van der Waals surface area (Å²) >= 11 is 0. The number of nitrogens with zero attached hydrogens (tertiary/aromatic N) is 5. The van der Waals surface area contributed by atoms with E-state index in [0.717, 1.165) is 44.5 Å². The molecule has 0 bridgehead atoms. The molecule has 1 aromatic heterocycles. The average Bonchev–Trinajstić information content (AvgIpc) is 3.46. The van der Waals surface area contributed by atoms with Gasteiger partial charge < -0.3 is 14.5 Å². The molecule has 1 saturated heterocycles. The van der Waals surface area contributed by atoms with Crippen molar-refractivity contribution in [3.05, 3.63) is 71.0 Å². The molecule has 1 aliphatic carbocycles. The van der Waals surface area contributed by atoms with Gasteiger partial charge in [0.2, 0.25) is 5.91 Å². The van der Waals surface area contributed by atoms with E-state index in [4.69, 9.17) is 4.74 Å². The summed E-state index contributed by atoms with van der Waals surface area (Å²) in [5.41, 5.74) is 4.40. The van der Waals surface area contributed by atoms with E-state index in [1.165, 1.54) is 5.56 Å². The Kier molecular flexibility index (Phi) is 5.71. The van der Waals surface area contributed by atoms with Gasteiger partial charge in [-0.1, -0.05) is 12.1 Å². The fourth-order valence-corrected chi connectivity index (χ4v) is 5.72. The third kappa shape index (κ3) is 4.05. The van der Waals surface area contributed by atoms with Gasteiger partial charge in [0.1, 0.15) is 17.5 Å². The van der Waals surface area contributed by atoms with E-state index >= 15 is 0 Å². The van der Waals surface area contributed by atoms with E-state index in [1.54, 1.807) is 16.7 Å². The predicted molar refractivity (Wildman–Crippen MR) is 138 cm³/mol. The maximum atomic E-state index is 13.7. The molecular formula is C29H29N5O3. The van der Waals surface area contributed by atoms with Crippen LogP contribution in [0.15, 0.2) is 48.5 Å². The second-order valence-electron chi connectivity index (χ2n) is 10.2. The predicted octanol–water partition coefficient (Wildman–Crippen LogP) is 4.00. The van der Waals surface area contributed by atoms with Crippen molar-refractivity contribution < 1.29 is 14.3 Å². The van der Waals surface area contributed by atoms with Gasteiger partial charge in [0.15, 0.2) is 5.69 Å². The van der Waals surface area contributed by atoms with Crippen LogP contribution >= 0.6 is 0 Å². The van der Waals surface area contributed by atoms with Crippen molar-refractivity contribution in [1.29, 1.82) is 5.26 Å². The van der Waals surface area contributed by atoms with Crippen LogP contribution in [0, 0.1) is 11.3 Å². The van der Waals surface area contributed by atoms with Gasteiger partial charge in [-0.3, -0.25) is 9.59 Å². The van der Waals surface area contributed by atoms with Crippen molar-refractivity contribution in [2.45, 2.75) is 43.9 Å². The smallest absolute Gasteiger partial charge is 0.277 e. The molecule has 2 amide bonds. The normalized spacial score (nSPS) is 18.1. The largest absolute Gasteiger partial charge is 0.497 e. The maximum Gasteiger partial charge on any atom is 0.277 e. The number of ether oxygens (including phenoxy) is 1. The lowest BCUT2D eigenvalue weighted by molar-refractivity contribution is -0.127. The number of nitriles is 1. The van der Waals surface area contributed by atoms with Gasteiger partial charge >= 0.3 is 0 Å². The summed E-state index contributed by atoms with van der Waals surface area (Å²) < 4.78 is 6.83. The van der Waals surface area contributed by atoms with Gasteiger partial charge in [-0.15, -0.1) is 0 Å². The summed E-state index contributed by atoms with van der Waals surface area (Å²) in [6.07, 6.45) is 5.48. The summed E-state index contributed by atoms with van der Waals surface area (Å²) in [7, 11) is 1.60. The Morgan fingerprint density at radius 2 is 1.73 bits per heavy atom. The van der Waals surface area contributed by atoms with Gasteiger partial charge in [-0.2, -0.15) is 10.4 Å². The van der Waals surface area contributed by atoms with Crippen LogP contribution < -0.4 is 9.64 Å². The quantitative estimate of drug-likeness (QED) is 0.494. The third-order valence-electron chi connectivity index (χ3n) is 8.12. The Morgan fingerprint density at radius 1 is 1.00 bits per heavy atom. The van der Waals surface area contributed by atoms with Crippen LogP contribution in [0.1, 0.15) is 59.4 Å². The monoisotopic (exact) mass is 495 g/mol. The van der Waals surface area contributed by atoms with Crippen LogP contribution in [0.3, 0.4) is 0 Å². The summed E-state index contributed by atoms with van der Waals surface area (Å²) in [6.45, 7) is 2.20. The first-order valence-corrected chi connectivity index (χ1v) is 12.9. The van der Waals surface area contributed by atoms with Crippen molar-refractivity contribution >= 4 is 17.5 Å². The molecule has 8 nitrogen and oxygen atoms in total. The molecule has 2 fully saturated rings. The van der Waals surface area contributed by atoms with Crippen LogP contribution in [0.2, 0.25) is 0 Å². The first-order chi connectivity index (χ1) is 18.0. The summed E-state index contributed by atoms with van der Waals surface area (Å²) in [5, 5.41) is 14.1. The van der Waals surface area contributed by atoms with E-state index < -0.39 is 0 Å². The van der Waals surface area contributed by atoms with Crippen LogP contribution in [-0.2, 0) is 16.6 Å². The van der Waals surface area contributed by atoms with E-state index in [-0.39, 0.29) is 17.2 Å². The van der Waals surface area contributed by atoms with Gasteiger partial charge in [-0.05, 0) is 79.5 Å². The lowest BCUT2D eigenvalue weighted by atomic mass is 9.91. The number of hydrogen-bond acceptors (Lipinski definition) is 5. The molecular weight excluding hydrogens is 466 g/mol. The average molecular weight is 496 g/mol. The highest BCUT2D eigenvalue weighted by Crippen LogP contribution is 2.51. The molecule has 188 valence electrons. The second kappa shape index (κ2) is 9.07. The molecule has 6 rings (SSSR count). The minimum atomic E-state index is -0.160. The van der Waals surface area contributed by atoms with Crippen molar-refractivity contribution in [3.63, 3.8) is 0 Å². The molecule has 2 aliphatic heterocycles. The Labute approximate surface area is 216 Å². The van der Waals surface area contributed by atoms with Crippen molar-refractivity contribution in [2.75, 3.05) is 31.6 Å². The fraction of sp³-hybridized carbons (Fsp3) is 0.379. The molecule has 0 N–H and O–H groups in total. The fourth-order valence-electron chi connectivity index (χ4n) is 5.72. The molecule has 3 heterocycles. The molecule has 8 heteroatoms. The van der Waals surface area contributed by atoms with Gasteiger partial charge in [-0.25, -0.2) is 4.68 Å². The van der Waals surface area contributed by atoms with E-state index in [0.29, 0.717) is 47.8 Å². The first-order valence-electron chi connectivity index (χ1n) is 12.9. The molecule has 1 saturated carbocycles. The Balaban J connectivity index is 1.24. The number of carbonyl (C=O) groups is 2. The molecule has 0 radical (unpaired) electrons. The van der Waals surface area contributed by atoms with E-state index in [1.807, 2.05) is 41.3 Å². The standard InChI is InChI=1S/C29H29N5O3/c1-37-23-10-8-22(9-11-23)34-27-24(25(19-30)31-34)12-17-33(28(27)36)21-6-4-20(5-7-21)29(13-14-29)15-18-32-16-2-3-26(32)35/h4-11H,2-3,12-18H2,1H3. The topological polar surface area (TPSA) is 91.5 Å². The molecule has 0 atom stereocenters. The number of amides is 2. The van der Waals surface area contributed by atoms with E-state index in [9.17, 15) is 14.9 Å². The maximum absolute atomic E-state index is 13.7. The van der Waals surface area contributed by atoms with Crippen LogP contribution in [0.4, 0.5) is 5.69 Å². The summed E-state index contributed by atoms with van der Waals surface area (Å²) in [5.74, 6) is 0.828. The first kappa shape index (κ1) is 23.3. The van der Waals surface area contributed by atoms with Crippen molar-refractivity contribution in [2.24, 2.45) is 0 Å². The summed E-state index contributed by atoms with van der Waals surface area (Å²) in [4.78, 5) is 29.5. The third-order valence-corrected chi connectivity index (χ3v) is 8.12. The number of fused-ring (bicyclic) bond motifs is 1. The highest BCUT2D eigenvalue weighted by Gasteiger charge is 2.44. The molecule has 3 aromatic rings. The highest BCUT2D eigenvalue weighted by molar-refractivity contribution is 6.07. The van der Waals surface area contributed by atoms with Crippen LogP contribution in [0.25, 0.3) is 5.69 Å². The van der Waals surface area contributed by atoms with Crippen LogP contribution in [0.5, 0.6) is 5.75 Å². The molecule has 37 heavy (non-hydrogen) atoms. The number of rotatable bonds is 7. The number of hydrogen-bond donors (Lipinski definition) is 0. The lowest BCUT2D eigenvalue weighted by Gasteiger charge is -2.28. The number of aromatic nitrogens is 2. The molecule has 2 aromatic carbocycles. The Hall–Kier alpha value is -4.12. The highest BCUT2D eigenvalue weighted by atomic mass is 16.5. The minimum Gasteiger partial charge on any atom is -0.497 e. The minimum absolute atomic E-state index is 0.148. The molecule has 3 aliphatic rings. The molecule has 0 unspecified atom stereocenters. The zero-order chi connectivity index (χ0) is 25.6. The second-order valence-corrected chi connectivity index (χ2v) is 10.2. The van der Waals surface area contributed by atoms with Crippen LogP contribution in [-0.4, -0.2) is 53.2 Å².